The summed E-state index contributed by atoms with van der Waals surface area (Å²) in [5.41, 5.74) is 14.0. The predicted octanol–water partition coefficient (Wildman–Crippen LogP) is 1.67. The van der Waals surface area contributed by atoms with Gasteiger partial charge in [0.2, 0.25) is 5.95 Å². The molecule has 0 saturated heterocycles. The third-order valence-electron chi connectivity index (χ3n) is 3.72. The van der Waals surface area contributed by atoms with E-state index in [4.69, 9.17) is 21.6 Å². The summed E-state index contributed by atoms with van der Waals surface area (Å²) in [6, 6.07) is 7.26. The van der Waals surface area contributed by atoms with Crippen LogP contribution in [0.3, 0.4) is 0 Å². The van der Waals surface area contributed by atoms with E-state index in [-0.39, 0.29) is 0 Å². The quantitative estimate of drug-likeness (QED) is 0.194. The Morgan fingerprint density at radius 2 is 2.12 bits per heavy atom. The molecule has 0 spiro atoms. The molecule has 0 radical (unpaired) electrons. The third-order valence-corrected chi connectivity index (χ3v) is 3.72. The molecule has 2 heterocycles. The first-order chi connectivity index (χ1) is 12.7. The van der Waals surface area contributed by atoms with Crippen LogP contribution in [0.25, 0.3) is 11.0 Å². The van der Waals surface area contributed by atoms with E-state index >= 15 is 0 Å². The molecular formula is C17H22N8O. The number of rotatable bonds is 9. The van der Waals surface area contributed by atoms with Crippen LogP contribution in [0.5, 0.6) is 0 Å². The summed E-state index contributed by atoms with van der Waals surface area (Å²) in [6.07, 6.45) is 3.03. The van der Waals surface area contributed by atoms with Crippen LogP contribution in [0, 0.1) is 5.41 Å². The molecule has 0 atom stereocenters. The summed E-state index contributed by atoms with van der Waals surface area (Å²) in [6.45, 7) is 2.18. The Morgan fingerprint density at radius 1 is 1.23 bits per heavy atom. The van der Waals surface area contributed by atoms with Gasteiger partial charge in [-0.1, -0.05) is 0 Å². The summed E-state index contributed by atoms with van der Waals surface area (Å²) < 4.78 is 5.37. The van der Waals surface area contributed by atoms with Crippen molar-refractivity contribution < 1.29 is 4.74 Å². The van der Waals surface area contributed by atoms with Crippen molar-refractivity contribution >= 4 is 40.4 Å². The highest BCUT2D eigenvalue weighted by atomic mass is 16.5. The van der Waals surface area contributed by atoms with Crippen molar-refractivity contribution in [1.82, 2.24) is 15.0 Å². The Morgan fingerprint density at radius 3 is 2.88 bits per heavy atom. The number of nitrogens with zero attached hydrogens (tertiary/aromatic N) is 2. The second-order valence-electron chi connectivity index (χ2n) is 5.58. The fraction of sp³-hybridized carbons (Fsp3) is 0.235. The summed E-state index contributed by atoms with van der Waals surface area (Å²) in [5.74, 6) is 1.14. The second kappa shape index (κ2) is 8.28. The first-order valence-electron chi connectivity index (χ1n) is 8.25. The number of nitrogen functional groups attached to an aromatic ring is 1. The normalized spacial score (nSPS) is 10.8. The zero-order chi connectivity index (χ0) is 18.4. The topological polar surface area (TPSA) is 151 Å². The molecule has 0 saturated carbocycles. The molecule has 3 aromatic rings. The van der Waals surface area contributed by atoms with E-state index < -0.39 is 0 Å². The summed E-state index contributed by atoms with van der Waals surface area (Å²) in [7, 11) is 0. The molecule has 0 bridgehead atoms. The summed E-state index contributed by atoms with van der Waals surface area (Å²) in [4.78, 5) is 12.1. The van der Waals surface area contributed by atoms with Crippen LogP contribution in [0.4, 0.5) is 23.1 Å². The van der Waals surface area contributed by atoms with Gasteiger partial charge in [-0.15, -0.1) is 0 Å². The maximum atomic E-state index is 7.30. The predicted molar refractivity (Wildman–Crippen MR) is 104 cm³/mol. The molecule has 9 heteroatoms. The van der Waals surface area contributed by atoms with Crippen molar-refractivity contribution in [3.8, 4) is 0 Å². The fourth-order valence-electron chi connectivity index (χ4n) is 2.47. The highest BCUT2D eigenvalue weighted by Gasteiger charge is 2.09. The van der Waals surface area contributed by atoms with Crippen LogP contribution in [0.2, 0.25) is 0 Å². The minimum absolute atomic E-state index is 0.437. The van der Waals surface area contributed by atoms with Crippen molar-refractivity contribution in [2.45, 2.75) is 0 Å². The Kier molecular flexibility index (Phi) is 5.62. The van der Waals surface area contributed by atoms with Gasteiger partial charge in [0.05, 0.1) is 18.6 Å². The molecule has 0 aliphatic carbocycles. The number of nitrogens with one attached hydrogen (secondary N) is 4. The van der Waals surface area contributed by atoms with Gasteiger partial charge in [0, 0.05) is 42.4 Å². The molecule has 0 fully saturated rings. The number of aromatic nitrogens is 3. The van der Waals surface area contributed by atoms with E-state index in [0.717, 1.165) is 16.7 Å². The van der Waals surface area contributed by atoms with Crippen LogP contribution in [0.1, 0.15) is 5.56 Å². The molecule has 1 aromatic carbocycles. The molecule has 0 aliphatic rings. The maximum absolute atomic E-state index is 7.30. The molecule has 8 N–H and O–H groups in total. The minimum atomic E-state index is 0.437. The number of H-pyrrole nitrogens is 1. The Hall–Kier alpha value is -3.17. The Bertz CT molecular complexity index is 892. The highest BCUT2D eigenvalue weighted by Crippen LogP contribution is 2.24. The number of benzene rings is 1. The number of ether oxygens (including phenoxy) is 1. The lowest BCUT2D eigenvalue weighted by atomic mass is 10.2. The lowest BCUT2D eigenvalue weighted by Crippen LogP contribution is -2.15. The highest BCUT2D eigenvalue weighted by molar-refractivity contribution is 5.89. The molecule has 3 rings (SSSR count). The van der Waals surface area contributed by atoms with Gasteiger partial charge in [-0.3, -0.25) is 0 Å². The van der Waals surface area contributed by atoms with Gasteiger partial charge >= 0.3 is 0 Å². The first kappa shape index (κ1) is 17.6. The SMILES string of the molecule is N=Cc1ccc(Nc2nc(NCCOCCN)c3cc[nH]c3n2)cc1N. The van der Waals surface area contributed by atoms with Crippen molar-refractivity contribution in [2.75, 3.05) is 42.7 Å². The molecular weight excluding hydrogens is 332 g/mol. The van der Waals surface area contributed by atoms with E-state index in [9.17, 15) is 0 Å². The number of hydrogen-bond donors (Lipinski definition) is 6. The zero-order valence-corrected chi connectivity index (χ0v) is 14.2. The lowest BCUT2D eigenvalue weighted by Gasteiger charge is -2.11. The Labute approximate surface area is 150 Å². The van der Waals surface area contributed by atoms with E-state index in [1.54, 1.807) is 12.1 Å². The van der Waals surface area contributed by atoms with Crippen molar-refractivity contribution in [1.29, 1.82) is 5.41 Å². The van der Waals surface area contributed by atoms with Gasteiger partial charge in [-0.25, -0.2) is 0 Å². The fourth-order valence-corrected chi connectivity index (χ4v) is 2.47. The Balaban J connectivity index is 1.78. The van der Waals surface area contributed by atoms with Crippen molar-refractivity contribution in [2.24, 2.45) is 5.73 Å². The van der Waals surface area contributed by atoms with Crippen LogP contribution in [-0.2, 0) is 4.74 Å². The van der Waals surface area contributed by atoms with Crippen molar-refractivity contribution in [3.05, 3.63) is 36.0 Å². The van der Waals surface area contributed by atoms with Crippen LogP contribution in [0.15, 0.2) is 30.5 Å². The first-order valence-corrected chi connectivity index (χ1v) is 8.25. The van der Waals surface area contributed by atoms with Gasteiger partial charge in [-0.2, -0.15) is 9.97 Å². The second-order valence-corrected chi connectivity index (χ2v) is 5.58. The van der Waals surface area contributed by atoms with Crippen LogP contribution < -0.4 is 22.1 Å². The monoisotopic (exact) mass is 354 g/mol. The van der Waals surface area contributed by atoms with Gasteiger partial charge < -0.3 is 37.2 Å². The zero-order valence-electron chi connectivity index (χ0n) is 14.2. The third kappa shape index (κ3) is 4.08. The van der Waals surface area contributed by atoms with Gasteiger partial charge in [0.1, 0.15) is 11.5 Å². The number of aromatic amines is 1. The molecule has 0 unspecified atom stereocenters. The van der Waals surface area contributed by atoms with Gasteiger partial charge in [0.25, 0.3) is 0 Å². The smallest absolute Gasteiger partial charge is 0.231 e. The minimum Gasteiger partial charge on any atom is -0.398 e. The molecule has 136 valence electrons. The van der Waals surface area contributed by atoms with E-state index in [2.05, 4.69) is 25.6 Å². The molecule has 2 aromatic heterocycles. The average molecular weight is 354 g/mol. The maximum Gasteiger partial charge on any atom is 0.231 e. The number of anilines is 4. The van der Waals surface area contributed by atoms with Crippen molar-refractivity contribution in [3.63, 3.8) is 0 Å². The number of nitrogens with two attached hydrogens (primary N) is 2. The summed E-state index contributed by atoms with van der Waals surface area (Å²) in [5, 5.41) is 14.6. The van der Waals surface area contributed by atoms with E-state index in [1.165, 1.54) is 6.21 Å². The standard InChI is InChI=1S/C17H22N8O/c18-4-7-26-8-6-22-16-13-3-5-21-15(13)24-17(25-16)23-12-2-1-11(10-19)14(20)9-12/h1-3,5,9-10,19H,4,6-8,18,20H2,(H3,21,22,23,24,25). The average Bonchev–Trinajstić information content (AvgIpc) is 3.10. The molecule has 0 aliphatic heterocycles. The molecule has 26 heavy (non-hydrogen) atoms. The summed E-state index contributed by atoms with van der Waals surface area (Å²) >= 11 is 0. The number of fused-ring (bicyclic) bond motifs is 1. The van der Waals surface area contributed by atoms with Crippen LogP contribution in [-0.4, -0.2) is 47.5 Å². The number of hydrogen-bond acceptors (Lipinski definition) is 8. The molecule has 0 amide bonds. The van der Waals surface area contributed by atoms with Gasteiger partial charge in [-0.05, 0) is 24.3 Å². The van der Waals surface area contributed by atoms with Gasteiger partial charge in [0.15, 0.2) is 0 Å². The van der Waals surface area contributed by atoms with Crippen LogP contribution >= 0.6 is 0 Å². The molecule has 9 nitrogen and oxygen atoms in total. The lowest BCUT2D eigenvalue weighted by molar-refractivity contribution is 0.151. The largest absolute Gasteiger partial charge is 0.398 e. The van der Waals surface area contributed by atoms with E-state index in [1.807, 2.05) is 18.3 Å². The van der Waals surface area contributed by atoms with E-state index in [0.29, 0.717) is 49.3 Å².